The molecule has 102 valence electrons. The number of hydrogen-bond donors (Lipinski definition) is 1. The number of fused-ring (bicyclic) bond motifs is 1. The number of aromatic nitrogens is 1. The van der Waals surface area contributed by atoms with Crippen LogP contribution in [0.4, 0.5) is 11.4 Å². The van der Waals surface area contributed by atoms with E-state index in [4.69, 9.17) is 0 Å². The van der Waals surface area contributed by atoms with Gasteiger partial charge in [-0.2, -0.15) is 10.2 Å². The van der Waals surface area contributed by atoms with Crippen LogP contribution in [0.1, 0.15) is 0 Å². The summed E-state index contributed by atoms with van der Waals surface area (Å²) >= 11 is 1.61. The van der Waals surface area contributed by atoms with Gasteiger partial charge in [0.15, 0.2) is 0 Å². The van der Waals surface area contributed by atoms with Crippen LogP contribution in [0.15, 0.2) is 64.3 Å². The fraction of sp³-hybridized carbons (Fsp3) is 0.133. The molecule has 0 saturated carbocycles. The second-order valence-electron chi connectivity index (χ2n) is 4.04. The molecule has 0 aliphatic heterocycles. The van der Waals surface area contributed by atoms with E-state index < -0.39 is 0 Å². The molecule has 0 amide bonds. The van der Waals surface area contributed by atoms with Crippen LogP contribution in [0.5, 0.6) is 0 Å². The Kier molecular flexibility index (Phi) is 5.34. The number of benzene rings is 2. The third-order valence-electron chi connectivity index (χ3n) is 2.35. The molecule has 3 aromatic rings. The van der Waals surface area contributed by atoms with Crippen LogP contribution in [-0.4, -0.2) is 19.1 Å². The molecule has 0 saturated heterocycles. The fourth-order valence-electron chi connectivity index (χ4n) is 1.52. The van der Waals surface area contributed by atoms with Crippen molar-refractivity contribution in [3.05, 3.63) is 54.0 Å². The largest absolute Gasteiger partial charge is 0.323 e. The number of nitrogens with zero attached hydrogens (tertiary/aromatic N) is 3. The summed E-state index contributed by atoms with van der Waals surface area (Å²) in [7, 11) is 3.75. The van der Waals surface area contributed by atoms with Crippen LogP contribution in [0.25, 0.3) is 10.2 Å². The number of thiazole rings is 1. The van der Waals surface area contributed by atoms with Crippen molar-refractivity contribution in [2.45, 2.75) is 0 Å². The molecule has 2 aromatic carbocycles. The maximum absolute atomic E-state index is 4.22. The van der Waals surface area contributed by atoms with Gasteiger partial charge in [-0.3, -0.25) is 0 Å². The van der Waals surface area contributed by atoms with Gasteiger partial charge in [0, 0.05) is 0 Å². The van der Waals surface area contributed by atoms with Gasteiger partial charge in [-0.1, -0.05) is 18.2 Å². The van der Waals surface area contributed by atoms with Gasteiger partial charge in [-0.05, 0) is 44.4 Å². The monoisotopic (exact) mass is 284 g/mol. The molecule has 1 N–H and O–H groups in total. The van der Waals surface area contributed by atoms with E-state index in [1.807, 2.05) is 68.1 Å². The van der Waals surface area contributed by atoms with E-state index >= 15 is 0 Å². The van der Waals surface area contributed by atoms with Crippen molar-refractivity contribution in [2.75, 3.05) is 14.1 Å². The molecular weight excluding hydrogens is 268 g/mol. The van der Waals surface area contributed by atoms with E-state index in [1.165, 1.54) is 0 Å². The van der Waals surface area contributed by atoms with Crippen molar-refractivity contribution in [3.63, 3.8) is 0 Å². The van der Waals surface area contributed by atoms with Crippen LogP contribution < -0.4 is 5.32 Å². The highest BCUT2D eigenvalue weighted by atomic mass is 32.1. The first-order valence-electron chi connectivity index (χ1n) is 6.22. The molecule has 0 aliphatic carbocycles. The van der Waals surface area contributed by atoms with E-state index in [1.54, 1.807) is 11.3 Å². The summed E-state index contributed by atoms with van der Waals surface area (Å²) in [6.07, 6.45) is 0. The lowest BCUT2D eigenvalue weighted by molar-refractivity contribution is 1.02. The van der Waals surface area contributed by atoms with Crippen LogP contribution in [0.2, 0.25) is 0 Å². The highest BCUT2D eigenvalue weighted by molar-refractivity contribution is 7.16. The molecular formula is C15H16N4S. The van der Waals surface area contributed by atoms with Gasteiger partial charge in [0.05, 0.1) is 27.1 Å². The maximum Gasteiger partial charge on any atom is 0.0872 e. The molecule has 5 heteroatoms. The summed E-state index contributed by atoms with van der Waals surface area (Å²) < 4.78 is 1.13. The molecule has 3 rings (SSSR count). The highest BCUT2D eigenvalue weighted by Gasteiger charge is 1.97. The first kappa shape index (κ1) is 14.3. The minimum Gasteiger partial charge on any atom is -0.323 e. The molecule has 20 heavy (non-hydrogen) atoms. The van der Waals surface area contributed by atoms with E-state index in [-0.39, 0.29) is 0 Å². The predicted molar refractivity (Wildman–Crippen MR) is 85.2 cm³/mol. The van der Waals surface area contributed by atoms with E-state index in [2.05, 4.69) is 20.5 Å². The van der Waals surface area contributed by atoms with E-state index in [0.29, 0.717) is 0 Å². The van der Waals surface area contributed by atoms with Gasteiger partial charge in [0.1, 0.15) is 0 Å². The SMILES string of the molecule is CNC.c1ccc(N=Nc2ccc3ncsc3c2)cc1. The molecule has 0 radical (unpaired) electrons. The lowest BCUT2D eigenvalue weighted by Crippen LogP contribution is -1.89. The average Bonchev–Trinajstić information content (AvgIpc) is 2.94. The zero-order valence-corrected chi connectivity index (χ0v) is 12.3. The van der Waals surface area contributed by atoms with Gasteiger partial charge >= 0.3 is 0 Å². The van der Waals surface area contributed by atoms with Crippen LogP contribution in [-0.2, 0) is 0 Å². The Labute approximate surface area is 122 Å². The minimum absolute atomic E-state index is 0.852. The summed E-state index contributed by atoms with van der Waals surface area (Å²) in [5.74, 6) is 0. The molecule has 0 unspecified atom stereocenters. The second kappa shape index (κ2) is 7.47. The van der Waals surface area contributed by atoms with Gasteiger partial charge in [0.2, 0.25) is 0 Å². The molecule has 0 fully saturated rings. The zero-order valence-electron chi connectivity index (χ0n) is 11.4. The Morgan fingerprint density at radius 3 is 2.40 bits per heavy atom. The quantitative estimate of drug-likeness (QED) is 0.702. The Hall–Kier alpha value is -2.11. The van der Waals surface area contributed by atoms with Crippen molar-refractivity contribution in [3.8, 4) is 0 Å². The lowest BCUT2D eigenvalue weighted by Gasteiger charge is -1.93. The molecule has 0 bridgehead atoms. The summed E-state index contributed by atoms with van der Waals surface area (Å²) in [5.41, 5.74) is 4.55. The summed E-state index contributed by atoms with van der Waals surface area (Å²) in [6.45, 7) is 0. The molecule has 1 heterocycles. The smallest absolute Gasteiger partial charge is 0.0872 e. The molecule has 1 aromatic heterocycles. The van der Waals surface area contributed by atoms with Crippen molar-refractivity contribution in [1.82, 2.24) is 10.3 Å². The van der Waals surface area contributed by atoms with Gasteiger partial charge in [-0.15, -0.1) is 11.3 Å². The van der Waals surface area contributed by atoms with Crippen LogP contribution >= 0.6 is 11.3 Å². The minimum atomic E-state index is 0.852. The molecule has 0 atom stereocenters. The van der Waals surface area contributed by atoms with Crippen molar-refractivity contribution >= 4 is 32.9 Å². The number of azo groups is 1. The highest BCUT2D eigenvalue weighted by Crippen LogP contribution is 2.25. The van der Waals surface area contributed by atoms with E-state index in [9.17, 15) is 0 Å². The van der Waals surface area contributed by atoms with Crippen molar-refractivity contribution in [2.24, 2.45) is 10.2 Å². The van der Waals surface area contributed by atoms with Crippen LogP contribution in [0.3, 0.4) is 0 Å². The lowest BCUT2D eigenvalue weighted by atomic mass is 10.3. The van der Waals surface area contributed by atoms with Crippen molar-refractivity contribution in [1.29, 1.82) is 0 Å². The third kappa shape index (κ3) is 3.94. The average molecular weight is 284 g/mol. The standard InChI is InChI=1S/C13H9N3S.C2H7N/c1-2-4-10(5-3-1)15-16-11-6-7-12-13(8-11)17-9-14-12;1-3-2/h1-9H;3H,1-2H3. The Bertz CT molecular complexity index is 676. The fourth-order valence-corrected chi connectivity index (χ4v) is 2.23. The van der Waals surface area contributed by atoms with Gasteiger partial charge in [-0.25, -0.2) is 4.98 Å². The summed E-state index contributed by atoms with van der Waals surface area (Å²) in [6, 6.07) is 15.6. The van der Waals surface area contributed by atoms with Crippen LogP contribution in [0, 0.1) is 0 Å². The Morgan fingerprint density at radius 1 is 0.950 bits per heavy atom. The third-order valence-corrected chi connectivity index (χ3v) is 3.14. The normalized spacial score (nSPS) is 10.5. The topological polar surface area (TPSA) is 49.6 Å². The number of hydrogen-bond acceptors (Lipinski definition) is 5. The Morgan fingerprint density at radius 2 is 1.65 bits per heavy atom. The second-order valence-corrected chi connectivity index (χ2v) is 4.93. The van der Waals surface area contributed by atoms with Crippen molar-refractivity contribution < 1.29 is 0 Å². The molecule has 0 aliphatic rings. The predicted octanol–water partition coefficient (Wildman–Crippen LogP) is 4.55. The first-order chi connectivity index (χ1) is 9.83. The van der Waals surface area contributed by atoms with E-state index in [0.717, 1.165) is 21.6 Å². The first-order valence-corrected chi connectivity index (χ1v) is 7.10. The zero-order chi connectivity index (χ0) is 14.2. The maximum atomic E-state index is 4.22. The Balaban J connectivity index is 0.000000452. The molecule has 4 nitrogen and oxygen atoms in total. The number of nitrogens with one attached hydrogen (secondary N) is 1. The number of rotatable bonds is 2. The summed E-state index contributed by atoms with van der Waals surface area (Å²) in [4.78, 5) is 4.22. The molecule has 0 spiro atoms. The van der Waals surface area contributed by atoms with Gasteiger partial charge in [0.25, 0.3) is 0 Å². The van der Waals surface area contributed by atoms with Gasteiger partial charge < -0.3 is 5.32 Å². The summed E-state index contributed by atoms with van der Waals surface area (Å²) in [5, 5.41) is 11.1.